The van der Waals surface area contributed by atoms with Crippen LogP contribution in [0.4, 0.5) is 0 Å². The summed E-state index contributed by atoms with van der Waals surface area (Å²) in [6.45, 7) is 6.36. The molecule has 0 aliphatic heterocycles. The van der Waals surface area contributed by atoms with E-state index in [4.69, 9.17) is 14.2 Å². The maximum atomic E-state index is 12.9. The maximum Gasteiger partial charge on any atom is 0.306 e. The van der Waals surface area contributed by atoms with Crippen LogP contribution in [0.5, 0.6) is 0 Å². The summed E-state index contributed by atoms with van der Waals surface area (Å²) < 4.78 is 16.9. The lowest BCUT2D eigenvalue weighted by molar-refractivity contribution is -0.167. The third-order valence-corrected chi connectivity index (χ3v) is 13.8. The fourth-order valence-electron chi connectivity index (χ4n) is 8.88. The average molecular weight is 1120 g/mol. The smallest absolute Gasteiger partial charge is 0.306 e. The lowest BCUT2D eigenvalue weighted by Gasteiger charge is -2.18. The molecule has 6 heteroatoms. The third-order valence-electron chi connectivity index (χ3n) is 13.8. The second-order valence-corrected chi connectivity index (χ2v) is 21.6. The van der Waals surface area contributed by atoms with Crippen molar-refractivity contribution in [3.8, 4) is 0 Å². The molecular weight excluding hydrogens is 997 g/mol. The Hall–Kier alpha value is -4.71. The van der Waals surface area contributed by atoms with E-state index in [1.54, 1.807) is 0 Å². The predicted molar refractivity (Wildman–Crippen MR) is 352 cm³/mol. The van der Waals surface area contributed by atoms with Crippen molar-refractivity contribution in [2.75, 3.05) is 13.2 Å². The average Bonchev–Trinajstić information content (AvgIpc) is 3.46. The number of esters is 3. The van der Waals surface area contributed by atoms with E-state index in [2.05, 4.69) is 167 Å². The van der Waals surface area contributed by atoms with Gasteiger partial charge in [-0.05, 0) is 141 Å². The Morgan fingerprint density at radius 3 is 0.790 bits per heavy atom. The molecule has 0 aromatic carbocycles. The predicted octanol–water partition coefficient (Wildman–Crippen LogP) is 23.1. The van der Waals surface area contributed by atoms with Crippen LogP contribution in [0.15, 0.2) is 146 Å². The van der Waals surface area contributed by atoms with E-state index in [-0.39, 0.29) is 37.5 Å². The minimum atomic E-state index is -0.808. The fourth-order valence-corrected chi connectivity index (χ4v) is 8.88. The molecule has 0 aliphatic rings. The molecule has 1 atom stereocenters. The van der Waals surface area contributed by atoms with Gasteiger partial charge in [-0.1, -0.05) is 276 Å². The zero-order valence-electron chi connectivity index (χ0n) is 52.5. The van der Waals surface area contributed by atoms with Crippen LogP contribution in [-0.4, -0.2) is 37.2 Å². The molecule has 0 saturated heterocycles. The summed E-state index contributed by atoms with van der Waals surface area (Å²) in [5.74, 6) is -0.951. The minimum absolute atomic E-state index is 0.101. The molecule has 0 aromatic rings. The zero-order valence-corrected chi connectivity index (χ0v) is 52.5. The minimum Gasteiger partial charge on any atom is -0.462 e. The Bertz CT molecular complexity index is 1760. The first-order chi connectivity index (χ1) is 40.0. The molecule has 458 valence electrons. The molecule has 0 aromatic heterocycles. The van der Waals surface area contributed by atoms with E-state index in [0.717, 1.165) is 135 Å². The van der Waals surface area contributed by atoms with Crippen molar-refractivity contribution < 1.29 is 28.6 Å². The van der Waals surface area contributed by atoms with Crippen molar-refractivity contribution in [3.63, 3.8) is 0 Å². The van der Waals surface area contributed by atoms with Crippen LogP contribution in [0.25, 0.3) is 0 Å². The summed E-state index contributed by atoms with van der Waals surface area (Å²) in [7, 11) is 0. The van der Waals surface area contributed by atoms with Crippen molar-refractivity contribution in [2.45, 2.75) is 297 Å². The van der Waals surface area contributed by atoms with E-state index in [9.17, 15) is 14.4 Å². The van der Waals surface area contributed by atoms with Gasteiger partial charge in [0.1, 0.15) is 13.2 Å². The molecule has 0 spiro atoms. The van der Waals surface area contributed by atoms with Crippen molar-refractivity contribution in [3.05, 3.63) is 146 Å². The molecule has 0 amide bonds. The topological polar surface area (TPSA) is 78.9 Å². The summed E-state index contributed by atoms with van der Waals surface area (Å²) in [6.07, 6.45) is 97.3. The zero-order chi connectivity index (χ0) is 58.5. The molecule has 0 heterocycles. The van der Waals surface area contributed by atoms with Gasteiger partial charge in [-0.25, -0.2) is 0 Å². The van der Waals surface area contributed by atoms with E-state index < -0.39 is 6.10 Å². The van der Waals surface area contributed by atoms with Gasteiger partial charge in [-0.2, -0.15) is 0 Å². The lowest BCUT2D eigenvalue weighted by atomic mass is 10.0. The number of carbonyl (C=O) groups excluding carboxylic acids is 3. The van der Waals surface area contributed by atoms with E-state index in [0.29, 0.717) is 19.3 Å². The van der Waals surface area contributed by atoms with Crippen molar-refractivity contribution >= 4 is 17.9 Å². The second kappa shape index (κ2) is 67.8. The number of unbranched alkanes of at least 4 members (excludes halogenated alkanes) is 24. The van der Waals surface area contributed by atoms with Gasteiger partial charge in [-0.3, -0.25) is 14.4 Å². The molecule has 0 fully saturated rings. The van der Waals surface area contributed by atoms with Crippen LogP contribution in [0.3, 0.4) is 0 Å². The molecule has 1 unspecified atom stereocenters. The highest BCUT2D eigenvalue weighted by Gasteiger charge is 2.19. The molecule has 6 nitrogen and oxygen atoms in total. The van der Waals surface area contributed by atoms with Crippen molar-refractivity contribution in [1.82, 2.24) is 0 Å². The van der Waals surface area contributed by atoms with Gasteiger partial charge < -0.3 is 14.2 Å². The first kappa shape index (κ1) is 76.3. The molecule has 0 rings (SSSR count). The maximum absolute atomic E-state index is 12.9. The Morgan fingerprint density at radius 2 is 0.481 bits per heavy atom. The van der Waals surface area contributed by atoms with Crippen LogP contribution in [0.1, 0.15) is 290 Å². The Morgan fingerprint density at radius 1 is 0.259 bits per heavy atom. The third kappa shape index (κ3) is 66.0. The fraction of sp³-hybridized carbons (Fsp3) is 0.640. The summed E-state index contributed by atoms with van der Waals surface area (Å²) in [5, 5.41) is 0. The van der Waals surface area contributed by atoms with Gasteiger partial charge in [-0.15, -0.1) is 0 Å². The molecule has 0 aliphatic carbocycles. The molecule has 0 N–H and O–H groups in total. The molecule has 0 radical (unpaired) electrons. The normalized spacial score (nSPS) is 13.1. The van der Waals surface area contributed by atoms with Crippen LogP contribution in [0.2, 0.25) is 0 Å². The van der Waals surface area contributed by atoms with Crippen molar-refractivity contribution in [1.29, 1.82) is 0 Å². The number of hydrogen-bond donors (Lipinski definition) is 0. The van der Waals surface area contributed by atoms with E-state index >= 15 is 0 Å². The number of allylic oxidation sites excluding steroid dienone is 24. The van der Waals surface area contributed by atoms with Gasteiger partial charge in [0, 0.05) is 19.3 Å². The Balaban J connectivity index is 4.22. The lowest BCUT2D eigenvalue weighted by Crippen LogP contribution is -2.30. The van der Waals surface area contributed by atoms with Crippen LogP contribution < -0.4 is 0 Å². The first-order valence-corrected chi connectivity index (χ1v) is 33.3. The quantitative estimate of drug-likeness (QED) is 0.0261. The van der Waals surface area contributed by atoms with Gasteiger partial charge >= 0.3 is 17.9 Å². The van der Waals surface area contributed by atoms with E-state index in [1.807, 2.05) is 0 Å². The highest BCUT2D eigenvalue weighted by Crippen LogP contribution is 2.15. The van der Waals surface area contributed by atoms with Crippen molar-refractivity contribution in [2.24, 2.45) is 0 Å². The largest absolute Gasteiger partial charge is 0.462 e. The molecule has 0 bridgehead atoms. The standard InChI is InChI=1S/C75H122O6/c1-4-7-10-13-16-19-22-25-27-28-29-30-31-32-33-34-35-36-37-38-39-40-41-42-43-44-45-46-48-50-53-56-59-62-65-68-74(77)80-71-72(70-79-73(76)67-64-61-58-55-52-49-24-21-18-15-12-9-6-3)81-75(78)69-66-63-60-57-54-51-47-26-23-20-17-14-11-8-5-2/h7-8,10-11,16-17,19-21,24-27,29-30,32-33,35-36,38-39,47,54,57,72H,4-6,9,12-15,18,22-23,28,31,34,37,40-46,48-53,55-56,58-71H2,1-3H3/b10-7-,11-8-,19-16-,20-17-,24-21-,27-25-,30-29-,33-32-,36-35-,39-38-,47-26-,57-54-. The van der Waals surface area contributed by atoms with Gasteiger partial charge in [0.05, 0.1) is 0 Å². The Labute approximate surface area is 499 Å². The van der Waals surface area contributed by atoms with Crippen LogP contribution in [0, 0.1) is 0 Å². The molecular formula is C75H122O6. The van der Waals surface area contributed by atoms with Gasteiger partial charge in [0.15, 0.2) is 6.10 Å². The Kier molecular flexibility index (Phi) is 63.9. The van der Waals surface area contributed by atoms with Gasteiger partial charge in [0.25, 0.3) is 0 Å². The van der Waals surface area contributed by atoms with Crippen LogP contribution in [-0.2, 0) is 28.6 Å². The molecule has 81 heavy (non-hydrogen) atoms. The highest BCUT2D eigenvalue weighted by molar-refractivity contribution is 5.71. The van der Waals surface area contributed by atoms with E-state index in [1.165, 1.54) is 109 Å². The number of rotatable bonds is 59. The SMILES string of the molecule is CC/C=C\C/C=C\C/C=C\C/C=C\C/C=C\C/C=C\C/C=C\CCCCCCCCCCCCCCCC(=O)OCC(COC(=O)CCCCCCC/C=C\CCCCCC)OC(=O)CCCC/C=C\C/C=C\C/C=C\C/C=C\CC. The first-order valence-electron chi connectivity index (χ1n) is 33.3. The molecule has 0 saturated carbocycles. The monoisotopic (exact) mass is 1120 g/mol. The number of carbonyl (C=O) groups is 3. The van der Waals surface area contributed by atoms with Crippen LogP contribution >= 0.6 is 0 Å². The second-order valence-electron chi connectivity index (χ2n) is 21.6. The number of ether oxygens (including phenoxy) is 3. The summed E-state index contributed by atoms with van der Waals surface area (Å²) in [4.78, 5) is 38.3. The summed E-state index contributed by atoms with van der Waals surface area (Å²) >= 11 is 0. The number of hydrogen-bond acceptors (Lipinski definition) is 6. The van der Waals surface area contributed by atoms with Gasteiger partial charge in [0.2, 0.25) is 0 Å². The highest BCUT2D eigenvalue weighted by atomic mass is 16.6. The summed E-state index contributed by atoms with van der Waals surface area (Å²) in [6, 6.07) is 0. The summed E-state index contributed by atoms with van der Waals surface area (Å²) in [5.41, 5.74) is 0.